The monoisotopic (exact) mass is 345 g/mol. The number of nitrogens with one attached hydrogen (secondary N) is 1. The van der Waals surface area contributed by atoms with Crippen molar-refractivity contribution in [3.8, 4) is 0 Å². The number of carbonyl (C=O) groups excluding carboxylic acids is 3. The van der Waals surface area contributed by atoms with E-state index in [2.05, 4.69) is 12.2 Å². The van der Waals surface area contributed by atoms with E-state index in [1.54, 1.807) is 0 Å². The predicted molar refractivity (Wildman–Crippen MR) is 88.0 cm³/mol. The van der Waals surface area contributed by atoms with Gasteiger partial charge in [-0.2, -0.15) is 0 Å². The number of rotatable bonds is 4. The Balaban J connectivity index is 1.75. The number of fused-ring (bicyclic) bond motifs is 1. The summed E-state index contributed by atoms with van der Waals surface area (Å²) in [5.41, 5.74) is -0.686. The number of nitro groups is 1. The van der Waals surface area contributed by atoms with Crippen LogP contribution < -0.4 is 5.32 Å². The van der Waals surface area contributed by atoms with Crippen LogP contribution in [0, 0.1) is 16.0 Å². The molecular weight excluding hydrogens is 326 g/mol. The molecule has 0 spiro atoms. The molecule has 1 aromatic carbocycles. The van der Waals surface area contributed by atoms with E-state index in [0.717, 1.165) is 30.6 Å². The molecule has 2 atom stereocenters. The number of imide groups is 1. The fourth-order valence-electron chi connectivity index (χ4n) is 3.54. The predicted octanol–water partition coefficient (Wildman–Crippen LogP) is 1.89. The standard InChI is InChI=1S/C17H19N3O5/c1-10-5-2-3-7-12(10)18-14(21)9-19-16(22)11-6-4-8-13(20(24)25)15(11)17(19)23/h4,6,8,10,12H,2-3,5,7,9H2,1H3,(H,18,21)/t10-,12+/m1/s1. The van der Waals surface area contributed by atoms with E-state index in [-0.39, 0.29) is 17.2 Å². The van der Waals surface area contributed by atoms with Crippen LogP contribution in [0.25, 0.3) is 0 Å². The molecule has 1 fully saturated rings. The number of hydrogen-bond acceptors (Lipinski definition) is 5. The van der Waals surface area contributed by atoms with Gasteiger partial charge in [-0.05, 0) is 24.8 Å². The van der Waals surface area contributed by atoms with Gasteiger partial charge in [0.25, 0.3) is 17.5 Å². The first-order chi connectivity index (χ1) is 11.9. The summed E-state index contributed by atoms with van der Waals surface area (Å²) in [6.07, 6.45) is 4.08. The van der Waals surface area contributed by atoms with Crippen LogP contribution in [0.1, 0.15) is 53.3 Å². The van der Waals surface area contributed by atoms with Gasteiger partial charge in [0.05, 0.1) is 10.5 Å². The van der Waals surface area contributed by atoms with Crippen LogP contribution in [-0.4, -0.2) is 40.1 Å². The van der Waals surface area contributed by atoms with Crippen molar-refractivity contribution in [3.05, 3.63) is 39.4 Å². The molecule has 8 nitrogen and oxygen atoms in total. The molecule has 1 aromatic rings. The fourth-order valence-corrected chi connectivity index (χ4v) is 3.54. The summed E-state index contributed by atoms with van der Waals surface area (Å²) in [4.78, 5) is 48.3. The van der Waals surface area contributed by atoms with Crippen LogP contribution in [0.15, 0.2) is 18.2 Å². The van der Waals surface area contributed by atoms with Gasteiger partial charge in [-0.25, -0.2) is 0 Å². The van der Waals surface area contributed by atoms with Crippen molar-refractivity contribution in [2.75, 3.05) is 6.54 Å². The average Bonchev–Trinajstić information content (AvgIpc) is 2.82. The van der Waals surface area contributed by atoms with E-state index in [9.17, 15) is 24.5 Å². The molecule has 0 bridgehead atoms. The summed E-state index contributed by atoms with van der Waals surface area (Å²) in [7, 11) is 0. The first-order valence-electron chi connectivity index (χ1n) is 8.33. The zero-order valence-electron chi connectivity index (χ0n) is 13.9. The van der Waals surface area contributed by atoms with Crippen LogP contribution in [0.3, 0.4) is 0 Å². The van der Waals surface area contributed by atoms with Gasteiger partial charge in [0.1, 0.15) is 12.1 Å². The number of nitro benzene ring substituents is 1. The van der Waals surface area contributed by atoms with Gasteiger partial charge in [-0.3, -0.25) is 29.4 Å². The third kappa shape index (κ3) is 3.11. The molecule has 1 saturated carbocycles. The third-order valence-corrected chi connectivity index (χ3v) is 4.93. The molecule has 0 saturated heterocycles. The van der Waals surface area contributed by atoms with Gasteiger partial charge in [0.15, 0.2) is 0 Å². The van der Waals surface area contributed by atoms with Crippen molar-refractivity contribution in [3.63, 3.8) is 0 Å². The van der Waals surface area contributed by atoms with Crippen LogP contribution in [0.4, 0.5) is 5.69 Å². The molecule has 0 unspecified atom stereocenters. The topological polar surface area (TPSA) is 110 Å². The first-order valence-corrected chi connectivity index (χ1v) is 8.33. The largest absolute Gasteiger partial charge is 0.352 e. The quantitative estimate of drug-likeness (QED) is 0.509. The van der Waals surface area contributed by atoms with E-state index in [1.807, 2.05) is 0 Å². The van der Waals surface area contributed by atoms with E-state index in [0.29, 0.717) is 5.92 Å². The van der Waals surface area contributed by atoms with E-state index in [1.165, 1.54) is 18.2 Å². The lowest BCUT2D eigenvalue weighted by molar-refractivity contribution is -0.385. The molecule has 1 aliphatic heterocycles. The van der Waals surface area contributed by atoms with E-state index < -0.39 is 34.9 Å². The fraction of sp³-hybridized carbons (Fsp3) is 0.471. The first kappa shape index (κ1) is 17.1. The Labute approximate surface area is 144 Å². The van der Waals surface area contributed by atoms with E-state index >= 15 is 0 Å². The lowest BCUT2D eigenvalue weighted by atomic mass is 9.86. The maximum Gasteiger partial charge on any atom is 0.282 e. The summed E-state index contributed by atoms with van der Waals surface area (Å²) in [6, 6.07) is 3.93. The van der Waals surface area contributed by atoms with Crippen molar-refractivity contribution in [2.45, 2.75) is 38.6 Å². The van der Waals surface area contributed by atoms with Crippen LogP contribution in [0.2, 0.25) is 0 Å². The molecule has 3 amide bonds. The molecule has 25 heavy (non-hydrogen) atoms. The Morgan fingerprint density at radius 3 is 2.68 bits per heavy atom. The molecule has 2 aliphatic rings. The number of hydrogen-bond donors (Lipinski definition) is 1. The summed E-state index contributed by atoms with van der Waals surface area (Å²) in [5.74, 6) is -1.54. The third-order valence-electron chi connectivity index (χ3n) is 4.93. The average molecular weight is 345 g/mol. The molecule has 8 heteroatoms. The van der Waals surface area contributed by atoms with Gasteiger partial charge in [-0.1, -0.05) is 25.8 Å². The van der Waals surface area contributed by atoms with Crippen molar-refractivity contribution in [1.82, 2.24) is 10.2 Å². The van der Waals surface area contributed by atoms with Crippen molar-refractivity contribution in [1.29, 1.82) is 0 Å². The van der Waals surface area contributed by atoms with Crippen LogP contribution >= 0.6 is 0 Å². The molecule has 1 N–H and O–H groups in total. The Kier molecular flexibility index (Phi) is 4.52. The SMILES string of the molecule is C[C@@H]1CCCC[C@@H]1NC(=O)CN1C(=O)c2cccc([N+](=O)[O-])c2C1=O. The number of nitrogens with zero attached hydrogens (tertiary/aromatic N) is 2. The minimum absolute atomic E-state index is 0.0296. The van der Waals surface area contributed by atoms with Crippen LogP contribution in [0.5, 0.6) is 0 Å². The molecule has 1 heterocycles. The second-order valence-corrected chi connectivity index (χ2v) is 6.59. The van der Waals surface area contributed by atoms with E-state index in [4.69, 9.17) is 0 Å². The highest BCUT2D eigenvalue weighted by Crippen LogP contribution is 2.30. The second-order valence-electron chi connectivity index (χ2n) is 6.59. The zero-order valence-corrected chi connectivity index (χ0v) is 13.9. The number of carbonyl (C=O) groups is 3. The molecular formula is C17H19N3O5. The van der Waals surface area contributed by atoms with Crippen molar-refractivity contribution in [2.24, 2.45) is 5.92 Å². The molecule has 1 aliphatic carbocycles. The number of benzene rings is 1. The van der Waals surface area contributed by atoms with Gasteiger partial charge < -0.3 is 5.32 Å². The van der Waals surface area contributed by atoms with Crippen molar-refractivity contribution < 1.29 is 19.3 Å². The van der Waals surface area contributed by atoms with Crippen molar-refractivity contribution >= 4 is 23.4 Å². The highest BCUT2D eigenvalue weighted by atomic mass is 16.6. The van der Waals surface area contributed by atoms with Gasteiger partial charge in [0, 0.05) is 12.1 Å². The molecule has 3 rings (SSSR count). The van der Waals surface area contributed by atoms with Gasteiger partial charge in [-0.15, -0.1) is 0 Å². The Hall–Kier alpha value is -2.77. The van der Waals surface area contributed by atoms with Gasteiger partial charge >= 0.3 is 0 Å². The molecule has 0 aromatic heterocycles. The maximum atomic E-state index is 12.4. The normalized spacial score (nSPS) is 22.7. The maximum absolute atomic E-state index is 12.4. The molecule has 132 valence electrons. The summed E-state index contributed by atoms with van der Waals surface area (Å²) in [5, 5.41) is 14.0. The highest BCUT2D eigenvalue weighted by Gasteiger charge is 2.41. The minimum atomic E-state index is -0.792. The van der Waals surface area contributed by atoms with Crippen LogP contribution in [-0.2, 0) is 4.79 Å². The second kappa shape index (κ2) is 6.62. The summed E-state index contributed by atoms with van der Waals surface area (Å²) >= 11 is 0. The Bertz CT molecular complexity index is 761. The lowest BCUT2D eigenvalue weighted by Gasteiger charge is -2.30. The summed E-state index contributed by atoms with van der Waals surface area (Å²) < 4.78 is 0. The zero-order chi connectivity index (χ0) is 18.1. The Morgan fingerprint density at radius 2 is 2.00 bits per heavy atom. The van der Waals surface area contributed by atoms with Gasteiger partial charge in [0.2, 0.25) is 5.91 Å². The minimum Gasteiger partial charge on any atom is -0.352 e. The molecule has 0 radical (unpaired) electrons. The lowest BCUT2D eigenvalue weighted by Crippen LogP contribution is -2.46. The Morgan fingerprint density at radius 1 is 1.28 bits per heavy atom. The highest BCUT2D eigenvalue weighted by molar-refractivity contribution is 6.24. The number of amides is 3. The summed E-state index contributed by atoms with van der Waals surface area (Å²) in [6.45, 7) is 1.64. The smallest absolute Gasteiger partial charge is 0.282 e.